The highest BCUT2D eigenvalue weighted by Crippen LogP contribution is 2.27. The van der Waals surface area contributed by atoms with Gasteiger partial charge in [0.2, 0.25) is 0 Å². The van der Waals surface area contributed by atoms with E-state index in [2.05, 4.69) is 53.9 Å². The van der Waals surface area contributed by atoms with Gasteiger partial charge < -0.3 is 8.85 Å². The summed E-state index contributed by atoms with van der Waals surface area (Å²) in [7, 11) is -2.81. The van der Waals surface area contributed by atoms with E-state index in [0.717, 1.165) is 25.0 Å². The van der Waals surface area contributed by atoms with E-state index in [0.29, 0.717) is 0 Å². The van der Waals surface area contributed by atoms with Crippen LogP contribution < -0.4 is 0 Å². The van der Waals surface area contributed by atoms with Crippen molar-refractivity contribution < 1.29 is 8.85 Å². The minimum atomic E-state index is -1.42. The summed E-state index contributed by atoms with van der Waals surface area (Å²) < 4.78 is 11.9. The lowest BCUT2D eigenvalue weighted by atomic mass is 9.97. The van der Waals surface area contributed by atoms with E-state index in [1.54, 1.807) is 0 Å². The molecule has 0 heterocycles. The Bertz CT molecular complexity index is 255. The minimum absolute atomic E-state index is 0.787. The highest BCUT2D eigenvalue weighted by atomic mass is 28.4. The lowest BCUT2D eigenvalue weighted by Gasteiger charge is -2.28. The smallest absolute Gasteiger partial charge is 0.186 e. The lowest BCUT2D eigenvalue weighted by Crippen LogP contribution is -2.33. The molecule has 122 valence electrons. The monoisotopic (exact) mass is 318 g/mol. The van der Waals surface area contributed by atoms with Gasteiger partial charge in [0.15, 0.2) is 16.6 Å². The molecule has 2 unspecified atom stereocenters. The average molecular weight is 319 g/mol. The molecule has 0 saturated heterocycles. The van der Waals surface area contributed by atoms with Crippen LogP contribution in [-0.4, -0.2) is 29.8 Å². The van der Waals surface area contributed by atoms with E-state index in [1.165, 1.54) is 24.9 Å². The Balaban J connectivity index is 4.05. The molecule has 0 saturated carbocycles. The summed E-state index contributed by atoms with van der Waals surface area (Å²) in [6.45, 7) is 20.2. The molecule has 2 nitrogen and oxygen atoms in total. The molecule has 0 aliphatic rings. The van der Waals surface area contributed by atoms with Gasteiger partial charge in [-0.2, -0.15) is 0 Å². The standard InChI is InChI=1S/C16H38O2Si2/c1-9-17-19(5,6)12-11-15(3)13-16(4)14-20(7,8)18-10-2/h15-16H,9-14H2,1-8H3. The van der Waals surface area contributed by atoms with Crippen LogP contribution in [0.5, 0.6) is 0 Å². The molecule has 0 spiro atoms. The van der Waals surface area contributed by atoms with Crippen molar-refractivity contribution in [3.8, 4) is 0 Å². The van der Waals surface area contributed by atoms with E-state index in [-0.39, 0.29) is 0 Å². The van der Waals surface area contributed by atoms with Crippen molar-refractivity contribution in [2.75, 3.05) is 13.2 Å². The summed E-state index contributed by atoms with van der Waals surface area (Å²) in [6, 6.07) is 2.58. The Morgan fingerprint density at radius 3 is 1.80 bits per heavy atom. The fourth-order valence-electron chi connectivity index (χ4n) is 3.23. The molecule has 0 aliphatic heterocycles. The van der Waals surface area contributed by atoms with Gasteiger partial charge >= 0.3 is 0 Å². The molecule has 0 radical (unpaired) electrons. The number of hydrogen-bond donors (Lipinski definition) is 0. The third-order valence-corrected chi connectivity index (χ3v) is 9.27. The Hall–Kier alpha value is 0.354. The highest BCUT2D eigenvalue weighted by molar-refractivity contribution is 6.71. The van der Waals surface area contributed by atoms with Crippen molar-refractivity contribution in [3.63, 3.8) is 0 Å². The summed E-state index contributed by atoms with van der Waals surface area (Å²) in [5, 5.41) is 0. The lowest BCUT2D eigenvalue weighted by molar-refractivity contribution is 0.312. The molecule has 0 aromatic heterocycles. The van der Waals surface area contributed by atoms with Crippen molar-refractivity contribution in [1.29, 1.82) is 0 Å². The van der Waals surface area contributed by atoms with Gasteiger partial charge in [-0.15, -0.1) is 0 Å². The molecule has 0 fully saturated rings. The van der Waals surface area contributed by atoms with Crippen LogP contribution in [0.25, 0.3) is 0 Å². The second kappa shape index (κ2) is 9.39. The quantitative estimate of drug-likeness (QED) is 0.467. The van der Waals surface area contributed by atoms with Gasteiger partial charge in [0, 0.05) is 13.2 Å². The van der Waals surface area contributed by atoms with Gasteiger partial charge in [-0.25, -0.2) is 0 Å². The minimum Gasteiger partial charge on any atom is -0.418 e. The van der Waals surface area contributed by atoms with E-state index in [1.807, 2.05) is 0 Å². The largest absolute Gasteiger partial charge is 0.418 e. The molecule has 0 bridgehead atoms. The van der Waals surface area contributed by atoms with Crippen LogP contribution in [0.4, 0.5) is 0 Å². The fourth-order valence-corrected chi connectivity index (χ4v) is 8.09. The van der Waals surface area contributed by atoms with Crippen LogP contribution in [-0.2, 0) is 8.85 Å². The fraction of sp³-hybridized carbons (Fsp3) is 1.00. The molecule has 0 aliphatic carbocycles. The van der Waals surface area contributed by atoms with Crippen LogP contribution in [0.2, 0.25) is 38.3 Å². The van der Waals surface area contributed by atoms with Crippen LogP contribution >= 0.6 is 0 Å². The zero-order valence-corrected chi connectivity index (χ0v) is 17.2. The first-order valence-corrected chi connectivity index (χ1v) is 14.6. The van der Waals surface area contributed by atoms with E-state index in [4.69, 9.17) is 8.85 Å². The van der Waals surface area contributed by atoms with E-state index in [9.17, 15) is 0 Å². The molecule has 20 heavy (non-hydrogen) atoms. The van der Waals surface area contributed by atoms with E-state index >= 15 is 0 Å². The number of hydrogen-bond acceptors (Lipinski definition) is 2. The molecule has 0 aromatic rings. The summed E-state index contributed by atoms with van der Waals surface area (Å²) in [6.07, 6.45) is 2.65. The third-order valence-electron chi connectivity index (χ3n) is 3.95. The zero-order valence-electron chi connectivity index (χ0n) is 15.2. The third kappa shape index (κ3) is 10.1. The molecule has 0 amide bonds. The SMILES string of the molecule is CCO[Si](C)(C)CCC(C)CC(C)C[Si](C)(C)OCC. The van der Waals surface area contributed by atoms with Gasteiger partial charge in [-0.05, 0) is 70.4 Å². The summed E-state index contributed by atoms with van der Waals surface area (Å²) in [5.41, 5.74) is 0. The maximum atomic E-state index is 5.95. The average Bonchev–Trinajstić information content (AvgIpc) is 2.25. The predicted molar refractivity (Wildman–Crippen MR) is 95.4 cm³/mol. The van der Waals surface area contributed by atoms with Crippen LogP contribution in [0, 0.1) is 11.8 Å². The highest BCUT2D eigenvalue weighted by Gasteiger charge is 2.26. The normalized spacial score (nSPS) is 16.2. The van der Waals surface area contributed by atoms with Gasteiger partial charge in [0.05, 0.1) is 0 Å². The van der Waals surface area contributed by atoms with Crippen molar-refractivity contribution in [1.82, 2.24) is 0 Å². The molecule has 0 N–H and O–H groups in total. The molecular formula is C16H38O2Si2. The maximum Gasteiger partial charge on any atom is 0.186 e. The molecule has 4 heteroatoms. The summed E-state index contributed by atoms with van der Waals surface area (Å²) >= 11 is 0. The van der Waals surface area contributed by atoms with Gasteiger partial charge in [0.1, 0.15) is 0 Å². The topological polar surface area (TPSA) is 18.5 Å². The Morgan fingerprint density at radius 2 is 1.30 bits per heavy atom. The first-order valence-electron chi connectivity index (χ1n) is 8.39. The van der Waals surface area contributed by atoms with Crippen molar-refractivity contribution in [2.24, 2.45) is 11.8 Å². The first kappa shape index (κ1) is 20.4. The van der Waals surface area contributed by atoms with Crippen LogP contribution in [0.1, 0.15) is 40.5 Å². The van der Waals surface area contributed by atoms with Crippen molar-refractivity contribution >= 4 is 16.6 Å². The van der Waals surface area contributed by atoms with Crippen LogP contribution in [0.3, 0.4) is 0 Å². The maximum absolute atomic E-state index is 5.95. The molecular weight excluding hydrogens is 280 g/mol. The second-order valence-corrected chi connectivity index (χ2v) is 16.1. The molecule has 0 aromatic carbocycles. The Kier molecular flexibility index (Phi) is 9.55. The van der Waals surface area contributed by atoms with Gasteiger partial charge in [-0.1, -0.05) is 20.3 Å². The summed E-state index contributed by atoms with van der Waals surface area (Å²) in [4.78, 5) is 0. The second-order valence-electron chi connectivity index (χ2n) is 7.57. The molecule has 2 atom stereocenters. The van der Waals surface area contributed by atoms with E-state index < -0.39 is 16.6 Å². The van der Waals surface area contributed by atoms with Crippen molar-refractivity contribution in [3.05, 3.63) is 0 Å². The Morgan fingerprint density at radius 1 is 0.800 bits per heavy atom. The molecule has 0 rings (SSSR count). The Labute approximate surface area is 129 Å². The summed E-state index contributed by atoms with van der Waals surface area (Å²) in [5.74, 6) is 1.60. The van der Waals surface area contributed by atoms with Gasteiger partial charge in [-0.3, -0.25) is 0 Å². The van der Waals surface area contributed by atoms with Crippen LogP contribution in [0.15, 0.2) is 0 Å². The van der Waals surface area contributed by atoms with Crippen molar-refractivity contribution in [2.45, 2.75) is 78.8 Å². The van der Waals surface area contributed by atoms with Gasteiger partial charge in [0.25, 0.3) is 0 Å². The number of rotatable bonds is 11. The first-order chi connectivity index (χ1) is 9.12. The predicted octanol–water partition coefficient (Wildman–Crippen LogP) is 5.52. The zero-order chi connectivity index (χ0) is 15.8.